The van der Waals surface area contributed by atoms with E-state index >= 15 is 0 Å². The average Bonchev–Trinajstić information content (AvgIpc) is 3.72. The largest absolute Gasteiger partial charge is 0.481 e. The Kier molecular flexibility index (Phi) is 42.8. The highest BCUT2D eigenvalue weighted by molar-refractivity contribution is 8.26. The molecule has 0 aromatic heterocycles. The molecule has 0 aliphatic carbocycles. The SMILES string of the molecule is C.CC(C)(CF)C(=O)O.CC(N)(CO)C(=O)O.COC(=O)C(C)(C)CF.COC(=O)C(C)(C)CO.COC(=O)C(C)(N)CO.COC(=O)C1(C)COS(=O)(=O)N1C.COC(=O)C1(C)COS(=O)N1C.O=S(Cl)Cl. The third-order valence-electron chi connectivity index (χ3n) is 9.04. The molecule has 2 rings (SSSR count). The minimum atomic E-state index is -3.76. The van der Waals surface area contributed by atoms with E-state index in [4.69, 9.17) is 45.4 Å². The summed E-state index contributed by atoms with van der Waals surface area (Å²) in [5.41, 5.74) is 2.41. The first-order valence-electron chi connectivity index (χ1n) is 19.8. The molecule has 0 amide bonds. The van der Waals surface area contributed by atoms with E-state index < -0.39 is 132 Å². The number of carboxylic acids is 2. The van der Waals surface area contributed by atoms with Crippen molar-refractivity contribution >= 4 is 93.9 Å². The summed E-state index contributed by atoms with van der Waals surface area (Å²) in [6.45, 7) is 11.9. The van der Waals surface area contributed by atoms with Crippen LogP contribution in [0.1, 0.15) is 76.7 Å². The lowest BCUT2D eigenvalue weighted by molar-refractivity contribution is -0.153. The number of halogens is 4. The van der Waals surface area contributed by atoms with Crippen molar-refractivity contribution in [1.82, 2.24) is 8.61 Å². The highest BCUT2D eigenvalue weighted by Crippen LogP contribution is 2.28. The summed E-state index contributed by atoms with van der Waals surface area (Å²) in [6, 6.07) is 0. The number of aliphatic hydroxyl groups is 3. The van der Waals surface area contributed by atoms with E-state index in [1.807, 2.05) is 0 Å². The molecule has 0 spiro atoms. The van der Waals surface area contributed by atoms with Gasteiger partial charge in [-0.25, -0.2) is 31.6 Å². The lowest BCUT2D eigenvalue weighted by atomic mass is 9.95. The molecule has 0 aromatic rings. The second kappa shape index (κ2) is 37.4. The molecule has 34 heteroatoms. The topological polar surface area (TPSA) is 412 Å². The van der Waals surface area contributed by atoms with Crippen LogP contribution in [0.5, 0.6) is 0 Å². The number of carbonyl (C=O) groups excluding carboxylic acids is 5. The number of hydrogen-bond donors (Lipinski definition) is 7. The van der Waals surface area contributed by atoms with Crippen molar-refractivity contribution in [3.05, 3.63) is 0 Å². The van der Waals surface area contributed by atoms with Gasteiger partial charge < -0.3 is 60.7 Å². The summed E-state index contributed by atoms with van der Waals surface area (Å²) in [5, 5.41) is 41.7. The molecule has 73 heavy (non-hydrogen) atoms. The second-order valence-corrected chi connectivity index (χ2v) is 22.6. The first-order chi connectivity index (χ1) is 32.2. The normalized spacial score (nSPS) is 20.3. The number of alkyl halides is 2. The van der Waals surface area contributed by atoms with Gasteiger partial charge in [-0.3, -0.25) is 27.5 Å². The number of rotatable bonds is 12. The molecule has 2 heterocycles. The van der Waals surface area contributed by atoms with Crippen LogP contribution in [0.3, 0.4) is 0 Å². The molecule has 5 unspecified atom stereocenters. The van der Waals surface area contributed by atoms with E-state index in [-0.39, 0.29) is 33.2 Å². The van der Waals surface area contributed by atoms with Gasteiger partial charge in [-0.05, 0) is 69.2 Å². The monoisotopic (exact) mass is 1170 g/mol. The molecule has 9 N–H and O–H groups in total. The third kappa shape index (κ3) is 31.3. The fourth-order valence-corrected chi connectivity index (χ4v) is 5.12. The summed E-state index contributed by atoms with van der Waals surface area (Å²) in [4.78, 5) is 74.3. The van der Waals surface area contributed by atoms with Gasteiger partial charge in [0, 0.05) is 35.5 Å². The van der Waals surface area contributed by atoms with Crippen LogP contribution in [0.15, 0.2) is 0 Å². The molecule has 0 bridgehead atoms. The van der Waals surface area contributed by atoms with Crippen molar-refractivity contribution in [2.75, 3.05) is 96.0 Å². The van der Waals surface area contributed by atoms with Crippen molar-refractivity contribution in [2.24, 2.45) is 27.7 Å². The lowest BCUT2D eigenvalue weighted by Gasteiger charge is -2.23. The smallest absolute Gasteiger partial charge is 0.339 e. The van der Waals surface area contributed by atoms with E-state index in [0.717, 1.165) is 4.31 Å². The van der Waals surface area contributed by atoms with Crippen molar-refractivity contribution < 1.29 is 117 Å². The van der Waals surface area contributed by atoms with Gasteiger partial charge in [-0.15, -0.1) is 0 Å². The Morgan fingerprint density at radius 3 is 1.15 bits per heavy atom. The standard InChI is InChI=1S/C6H11FO2.C6H11NO5S.C6H11NO4S.C6H12O3.C5H9FO2.C5H11NO3.C4H9NO3.CH4.Cl2OS/c1-6(2,4-7)5(8)9-3;1-6(5(8)11-3)4-12-13(9,10)7(6)2;1-6(5(8)10-3)4-11-12(9)7(6)2;1-6(2,4-7)5(8)9-3;1-5(2,3-6)4(7)8;1-5(6,3-7)4(8)9-2;1-4(5,2-6)3(7)8;;1-4(2)3/h4H2,1-3H3;4H2,1-3H3;4H2,1-3H3;7H,4H2,1-3H3;3H2,1-2H3,(H,7,8);7H,3,6H2,1-2H3;6H,2,5H2,1H3,(H,7,8);1H4;. The highest BCUT2D eigenvalue weighted by Gasteiger charge is 2.52. The number of carboxylic acid groups (broad SMARTS) is 2. The van der Waals surface area contributed by atoms with Gasteiger partial charge in [-0.1, -0.05) is 7.43 Å². The van der Waals surface area contributed by atoms with Crippen molar-refractivity contribution in [3.63, 3.8) is 0 Å². The van der Waals surface area contributed by atoms with Crippen LogP contribution in [0.2, 0.25) is 0 Å². The second-order valence-electron chi connectivity index (χ2n) is 17.2. The molecule has 0 radical (unpaired) electrons. The number of nitrogens with zero attached hydrogens (tertiary/aromatic N) is 2. The van der Waals surface area contributed by atoms with Crippen LogP contribution in [0.4, 0.5) is 8.78 Å². The molecule has 2 fully saturated rings. The Bertz CT molecular complexity index is 1790. The Morgan fingerprint density at radius 2 is 1.00 bits per heavy atom. The number of hydrogen-bond acceptors (Lipinski definition) is 23. The molecule has 0 saturated carbocycles. The molecule has 27 nitrogen and oxygen atoms in total. The van der Waals surface area contributed by atoms with Crippen LogP contribution in [-0.4, -0.2) is 211 Å². The number of carbonyl (C=O) groups is 7. The molecule has 438 valence electrons. The third-order valence-corrected chi connectivity index (χ3v) is 11.7. The zero-order valence-corrected chi connectivity index (χ0v) is 47.3. The van der Waals surface area contributed by atoms with Crippen LogP contribution in [0, 0.1) is 16.2 Å². The first-order valence-corrected chi connectivity index (χ1v) is 25.0. The molecule has 2 aliphatic heterocycles. The van der Waals surface area contributed by atoms with Gasteiger partial charge in [0.25, 0.3) is 0 Å². The summed E-state index contributed by atoms with van der Waals surface area (Å²) in [5.74, 6) is -4.85. The number of aliphatic hydroxyl groups excluding tert-OH is 3. The van der Waals surface area contributed by atoms with E-state index in [9.17, 15) is 55.0 Å². The number of nitrogens with two attached hydrogens (primary N) is 2. The Morgan fingerprint density at radius 1 is 0.658 bits per heavy atom. The van der Waals surface area contributed by atoms with E-state index in [1.165, 1.54) is 95.4 Å². The Hall–Kier alpha value is -3.38. The lowest BCUT2D eigenvalue weighted by Crippen LogP contribution is -2.49. The maximum atomic E-state index is 11.9. The predicted octanol–water partition coefficient (Wildman–Crippen LogP) is 0.312. The van der Waals surface area contributed by atoms with Gasteiger partial charge in [0.05, 0.1) is 84.8 Å². The summed E-state index contributed by atoms with van der Waals surface area (Å²) >= 11 is -1.53. The van der Waals surface area contributed by atoms with Gasteiger partial charge in [0.2, 0.25) is 20.5 Å². The van der Waals surface area contributed by atoms with Crippen LogP contribution in [0.25, 0.3) is 0 Å². The van der Waals surface area contributed by atoms with Crippen molar-refractivity contribution in [3.8, 4) is 0 Å². The maximum Gasteiger partial charge on any atom is 0.339 e. The quantitative estimate of drug-likeness (QED) is 0.0785. The minimum Gasteiger partial charge on any atom is -0.481 e. The summed E-state index contributed by atoms with van der Waals surface area (Å²) in [6.07, 6.45) is 0. The zero-order chi connectivity index (χ0) is 59.3. The maximum absolute atomic E-state index is 11.9. The fraction of sp³-hybridized carbons (Fsp3) is 0.821. The van der Waals surface area contributed by atoms with E-state index in [1.54, 1.807) is 27.8 Å². The number of likely N-dealkylation sites (N-methyl/N-ethyl adjacent to an activating group) is 2. The van der Waals surface area contributed by atoms with Crippen LogP contribution in [-0.2, 0) is 96.4 Å². The number of aliphatic carboxylic acids is 2. The molecular weight excluding hydrogens is 1100 g/mol. The van der Waals surface area contributed by atoms with Crippen LogP contribution < -0.4 is 11.5 Å². The molecule has 0 aromatic carbocycles. The van der Waals surface area contributed by atoms with Gasteiger partial charge in [0.15, 0.2) is 11.1 Å². The average molecular weight is 1180 g/mol. The molecule has 2 saturated heterocycles. The molecular formula is C39H78Cl2F2N4O23S3. The zero-order valence-electron chi connectivity index (χ0n) is 43.3. The first kappa shape index (κ1) is 83.6. The van der Waals surface area contributed by atoms with Gasteiger partial charge >= 0.3 is 52.1 Å². The van der Waals surface area contributed by atoms with Crippen molar-refractivity contribution in [2.45, 2.75) is 98.8 Å². The minimum absolute atomic E-state index is 0. The van der Waals surface area contributed by atoms with E-state index in [0.29, 0.717) is 0 Å². The molecule has 5 atom stereocenters. The van der Waals surface area contributed by atoms with Gasteiger partial charge in [0.1, 0.15) is 24.4 Å². The van der Waals surface area contributed by atoms with Crippen LogP contribution >= 0.6 is 21.4 Å². The highest BCUT2D eigenvalue weighted by atomic mass is 36.0. The van der Waals surface area contributed by atoms with Crippen molar-refractivity contribution in [1.29, 1.82) is 0 Å². The Balaban J connectivity index is -0.000000138. The van der Waals surface area contributed by atoms with E-state index in [2.05, 4.69) is 49.2 Å². The predicted molar refractivity (Wildman–Crippen MR) is 263 cm³/mol. The number of ether oxygens (including phenoxy) is 5. The summed E-state index contributed by atoms with van der Waals surface area (Å²) < 4.78 is 99.4. The fourth-order valence-electron chi connectivity index (χ4n) is 3.01. The number of esters is 5. The number of methoxy groups -OCH3 is 5. The van der Waals surface area contributed by atoms with Gasteiger partial charge in [-0.2, -0.15) is 17.0 Å². The summed E-state index contributed by atoms with van der Waals surface area (Å²) in [7, 11) is 12.7. The molecule has 2 aliphatic rings. The Labute approximate surface area is 440 Å².